The van der Waals surface area contributed by atoms with Crippen LogP contribution >= 0.6 is 12.4 Å². The standard InChI is InChI=1S/C16H26N2O.ClH/c1-11(12(2)17)15(19)18(6)14-9-7-13(8-10-14)16(3,4)5;/h7-12H,17H2,1-6H3;1H. The van der Waals surface area contributed by atoms with Crippen molar-refractivity contribution in [1.82, 2.24) is 0 Å². The van der Waals surface area contributed by atoms with Crippen molar-refractivity contribution in [2.45, 2.75) is 46.1 Å². The minimum absolute atomic E-state index is 0. The molecule has 0 aliphatic carbocycles. The van der Waals surface area contributed by atoms with Crippen molar-refractivity contribution in [3.05, 3.63) is 29.8 Å². The predicted molar refractivity (Wildman–Crippen MR) is 88.6 cm³/mol. The van der Waals surface area contributed by atoms with Crippen LogP contribution in [-0.2, 0) is 10.2 Å². The third-order valence-corrected chi connectivity index (χ3v) is 3.63. The second-order valence-electron chi connectivity index (χ2n) is 6.34. The zero-order chi connectivity index (χ0) is 14.8. The fraction of sp³-hybridized carbons (Fsp3) is 0.562. The van der Waals surface area contributed by atoms with E-state index in [0.717, 1.165) is 5.69 Å². The molecule has 2 N–H and O–H groups in total. The van der Waals surface area contributed by atoms with Crippen LogP contribution < -0.4 is 10.6 Å². The molecular weight excluding hydrogens is 272 g/mol. The van der Waals surface area contributed by atoms with Crippen LogP contribution in [0.5, 0.6) is 0 Å². The van der Waals surface area contributed by atoms with E-state index < -0.39 is 0 Å². The number of nitrogens with zero attached hydrogens (tertiary/aromatic N) is 1. The number of hydrogen-bond acceptors (Lipinski definition) is 2. The zero-order valence-corrected chi connectivity index (χ0v) is 14.1. The highest BCUT2D eigenvalue weighted by molar-refractivity contribution is 5.94. The Kier molecular flexibility index (Phi) is 6.72. The van der Waals surface area contributed by atoms with E-state index in [0.29, 0.717) is 0 Å². The lowest BCUT2D eigenvalue weighted by atomic mass is 9.87. The van der Waals surface area contributed by atoms with Gasteiger partial charge >= 0.3 is 0 Å². The van der Waals surface area contributed by atoms with Gasteiger partial charge in [-0.3, -0.25) is 4.79 Å². The number of hydrogen-bond donors (Lipinski definition) is 1. The highest BCUT2D eigenvalue weighted by Crippen LogP contribution is 2.25. The van der Waals surface area contributed by atoms with Gasteiger partial charge in [0.05, 0.1) is 5.92 Å². The largest absolute Gasteiger partial charge is 0.327 e. The van der Waals surface area contributed by atoms with Crippen molar-refractivity contribution >= 4 is 24.0 Å². The minimum Gasteiger partial charge on any atom is -0.327 e. The Morgan fingerprint density at radius 2 is 1.60 bits per heavy atom. The average molecular weight is 299 g/mol. The number of benzene rings is 1. The van der Waals surface area contributed by atoms with E-state index in [4.69, 9.17) is 5.73 Å². The van der Waals surface area contributed by atoms with Gasteiger partial charge < -0.3 is 10.6 Å². The molecule has 2 unspecified atom stereocenters. The smallest absolute Gasteiger partial charge is 0.231 e. The van der Waals surface area contributed by atoms with Gasteiger partial charge in [0.2, 0.25) is 5.91 Å². The zero-order valence-electron chi connectivity index (χ0n) is 13.3. The summed E-state index contributed by atoms with van der Waals surface area (Å²) in [5.41, 5.74) is 8.08. The maximum absolute atomic E-state index is 12.2. The van der Waals surface area contributed by atoms with E-state index >= 15 is 0 Å². The summed E-state index contributed by atoms with van der Waals surface area (Å²) in [6.07, 6.45) is 0. The van der Waals surface area contributed by atoms with Gasteiger partial charge in [0.15, 0.2) is 0 Å². The summed E-state index contributed by atoms with van der Waals surface area (Å²) in [5.74, 6) is -0.120. The van der Waals surface area contributed by atoms with Crippen LogP contribution in [0.1, 0.15) is 40.2 Å². The van der Waals surface area contributed by atoms with E-state index in [1.165, 1.54) is 5.56 Å². The molecule has 0 heterocycles. The molecule has 1 amide bonds. The molecule has 0 aliphatic rings. The molecule has 0 aliphatic heterocycles. The summed E-state index contributed by atoms with van der Waals surface area (Å²) in [6, 6.07) is 8.01. The lowest BCUT2D eigenvalue weighted by Gasteiger charge is -2.25. The lowest BCUT2D eigenvalue weighted by Crippen LogP contribution is -2.39. The van der Waals surface area contributed by atoms with Crippen molar-refractivity contribution in [1.29, 1.82) is 0 Å². The molecule has 0 saturated heterocycles. The van der Waals surface area contributed by atoms with Crippen molar-refractivity contribution < 1.29 is 4.79 Å². The molecule has 2 atom stereocenters. The van der Waals surface area contributed by atoms with E-state index in [9.17, 15) is 4.79 Å². The van der Waals surface area contributed by atoms with Gasteiger partial charge in [0.1, 0.15) is 0 Å². The highest BCUT2D eigenvalue weighted by Gasteiger charge is 2.22. The molecule has 0 fully saturated rings. The Bertz CT molecular complexity index is 435. The van der Waals surface area contributed by atoms with Gasteiger partial charge in [-0.05, 0) is 30.0 Å². The number of nitrogens with two attached hydrogens (primary N) is 1. The summed E-state index contributed by atoms with van der Waals surface area (Å²) in [6.45, 7) is 10.3. The molecule has 0 bridgehead atoms. The van der Waals surface area contributed by atoms with E-state index in [-0.39, 0.29) is 35.7 Å². The summed E-state index contributed by atoms with van der Waals surface area (Å²) >= 11 is 0. The number of anilines is 1. The van der Waals surface area contributed by atoms with Gasteiger partial charge in [-0.25, -0.2) is 0 Å². The van der Waals surface area contributed by atoms with E-state index in [1.807, 2.05) is 26.0 Å². The summed E-state index contributed by atoms with van der Waals surface area (Å²) in [5, 5.41) is 0. The van der Waals surface area contributed by atoms with Gasteiger partial charge in [-0.1, -0.05) is 39.8 Å². The fourth-order valence-corrected chi connectivity index (χ4v) is 1.84. The van der Waals surface area contributed by atoms with Crippen LogP contribution in [0.2, 0.25) is 0 Å². The maximum Gasteiger partial charge on any atom is 0.231 e. The van der Waals surface area contributed by atoms with E-state index in [1.54, 1.807) is 11.9 Å². The molecule has 0 saturated carbocycles. The number of halogens is 1. The number of amides is 1. The Hall–Kier alpha value is -1.06. The molecule has 0 radical (unpaired) electrons. The molecule has 1 aromatic carbocycles. The van der Waals surface area contributed by atoms with Crippen molar-refractivity contribution in [3.8, 4) is 0 Å². The predicted octanol–water partition coefficient (Wildman–Crippen LogP) is 3.35. The Balaban J connectivity index is 0.00000361. The molecular formula is C16H27ClN2O. The van der Waals surface area contributed by atoms with Gasteiger partial charge in [-0.2, -0.15) is 0 Å². The summed E-state index contributed by atoms with van der Waals surface area (Å²) in [7, 11) is 1.80. The SMILES string of the molecule is CC(N)C(C)C(=O)N(C)c1ccc(C(C)(C)C)cc1.Cl. The van der Waals surface area contributed by atoms with Crippen LogP contribution in [0.25, 0.3) is 0 Å². The van der Waals surface area contributed by atoms with Crippen LogP contribution in [0.3, 0.4) is 0 Å². The first kappa shape index (κ1) is 18.9. The highest BCUT2D eigenvalue weighted by atomic mass is 35.5. The first-order valence-corrected chi connectivity index (χ1v) is 6.78. The first-order valence-electron chi connectivity index (χ1n) is 6.78. The Morgan fingerprint density at radius 3 is 1.95 bits per heavy atom. The van der Waals surface area contributed by atoms with Crippen LogP contribution in [0, 0.1) is 5.92 Å². The van der Waals surface area contributed by atoms with Crippen molar-refractivity contribution in [3.63, 3.8) is 0 Å². The molecule has 20 heavy (non-hydrogen) atoms. The Morgan fingerprint density at radius 1 is 1.15 bits per heavy atom. The number of carbonyl (C=O) groups is 1. The molecule has 0 aromatic heterocycles. The molecule has 0 spiro atoms. The van der Waals surface area contributed by atoms with Crippen molar-refractivity contribution in [2.24, 2.45) is 11.7 Å². The normalized spacial score (nSPS) is 14.2. The second kappa shape index (κ2) is 7.09. The third kappa shape index (κ3) is 4.50. The topological polar surface area (TPSA) is 46.3 Å². The minimum atomic E-state index is -0.174. The monoisotopic (exact) mass is 298 g/mol. The van der Waals surface area contributed by atoms with E-state index in [2.05, 4.69) is 32.9 Å². The third-order valence-electron chi connectivity index (χ3n) is 3.63. The second-order valence-corrected chi connectivity index (χ2v) is 6.34. The Labute approximate surface area is 128 Å². The summed E-state index contributed by atoms with van der Waals surface area (Å²) < 4.78 is 0. The molecule has 4 heteroatoms. The van der Waals surface area contributed by atoms with Gasteiger partial charge in [0.25, 0.3) is 0 Å². The molecule has 1 aromatic rings. The maximum atomic E-state index is 12.2. The van der Waals surface area contributed by atoms with Gasteiger partial charge in [0, 0.05) is 18.8 Å². The number of carbonyl (C=O) groups excluding carboxylic acids is 1. The van der Waals surface area contributed by atoms with Crippen LogP contribution in [0.4, 0.5) is 5.69 Å². The molecule has 1 rings (SSSR count). The summed E-state index contributed by atoms with van der Waals surface area (Å²) in [4.78, 5) is 13.9. The van der Waals surface area contributed by atoms with Gasteiger partial charge in [-0.15, -0.1) is 12.4 Å². The fourth-order valence-electron chi connectivity index (χ4n) is 1.84. The first-order chi connectivity index (χ1) is 8.64. The molecule has 114 valence electrons. The lowest BCUT2D eigenvalue weighted by molar-refractivity contribution is -0.122. The average Bonchev–Trinajstić information content (AvgIpc) is 2.35. The number of rotatable bonds is 3. The van der Waals surface area contributed by atoms with Crippen molar-refractivity contribution in [2.75, 3.05) is 11.9 Å². The van der Waals surface area contributed by atoms with Crippen LogP contribution in [0.15, 0.2) is 24.3 Å². The van der Waals surface area contributed by atoms with Crippen LogP contribution in [-0.4, -0.2) is 19.0 Å². The quantitative estimate of drug-likeness (QED) is 0.930. The molecule has 3 nitrogen and oxygen atoms in total.